The minimum absolute atomic E-state index is 0.651. The molecule has 0 aliphatic heterocycles. The molecule has 0 unspecified atom stereocenters. The van der Waals surface area contributed by atoms with Crippen molar-refractivity contribution >= 4 is 22.9 Å². The number of hydrogen-bond donors (Lipinski definition) is 1. The maximum atomic E-state index is 10.4. The molecule has 0 radical (unpaired) electrons. The Morgan fingerprint density at radius 2 is 1.86 bits per heavy atom. The van der Waals surface area contributed by atoms with E-state index in [4.69, 9.17) is 11.6 Å². The Morgan fingerprint density at radius 3 is 2.21 bits per heavy atom. The van der Waals surface area contributed by atoms with Gasteiger partial charge < -0.3 is 5.11 Å². The van der Waals surface area contributed by atoms with Crippen LogP contribution in [0.4, 0.5) is 0 Å². The smallest absolute Gasteiger partial charge is 0.0988 e. The second-order valence-corrected chi connectivity index (χ2v) is 5.35. The predicted octanol–water partition coefficient (Wildman–Crippen LogP) is 4.19. The molecule has 1 N–H and O–H groups in total. The van der Waals surface area contributed by atoms with Crippen molar-refractivity contribution in [1.82, 2.24) is 0 Å². The molecule has 0 aliphatic rings. The summed E-state index contributed by atoms with van der Waals surface area (Å²) >= 11 is 7.36. The molecule has 80 valence electrons. The Morgan fingerprint density at radius 1 is 1.29 bits per heavy atom. The summed E-state index contributed by atoms with van der Waals surface area (Å²) in [7, 11) is 0. The number of aliphatic hydroxyl groups is 1. The highest BCUT2D eigenvalue weighted by Crippen LogP contribution is 2.37. The third-order valence-corrected chi connectivity index (χ3v) is 3.78. The molecule has 0 saturated heterocycles. The van der Waals surface area contributed by atoms with Crippen LogP contribution in [0.5, 0.6) is 0 Å². The fourth-order valence-corrected chi connectivity index (χ4v) is 2.95. The summed E-state index contributed by atoms with van der Waals surface area (Å²) in [6.45, 7) is 4.19. The van der Waals surface area contributed by atoms with E-state index in [1.54, 1.807) is 0 Å². The van der Waals surface area contributed by atoms with Crippen LogP contribution in [-0.2, 0) is 5.60 Å². The molecule has 0 saturated carbocycles. The lowest BCUT2D eigenvalue weighted by molar-refractivity contribution is 0.0206. The summed E-state index contributed by atoms with van der Waals surface area (Å²) in [5, 5.41) is 10.4. The summed E-state index contributed by atoms with van der Waals surface area (Å²) in [4.78, 5) is 1.01. The first-order valence-corrected chi connectivity index (χ1v) is 6.30. The second kappa shape index (κ2) is 5.15. The van der Waals surface area contributed by atoms with Gasteiger partial charge in [-0.3, -0.25) is 0 Å². The van der Waals surface area contributed by atoms with Crippen molar-refractivity contribution in [3.05, 3.63) is 21.3 Å². The summed E-state index contributed by atoms with van der Waals surface area (Å²) in [5.74, 6) is 0. The highest BCUT2D eigenvalue weighted by Gasteiger charge is 2.28. The van der Waals surface area contributed by atoms with E-state index >= 15 is 0 Å². The molecule has 1 aromatic heterocycles. The van der Waals surface area contributed by atoms with E-state index in [-0.39, 0.29) is 0 Å². The third-order valence-electron chi connectivity index (χ3n) is 2.36. The molecule has 0 fully saturated rings. The fraction of sp³-hybridized carbons (Fsp3) is 0.636. The van der Waals surface area contributed by atoms with Crippen molar-refractivity contribution in [3.8, 4) is 0 Å². The zero-order valence-corrected chi connectivity index (χ0v) is 10.3. The summed E-state index contributed by atoms with van der Waals surface area (Å²) in [5.41, 5.74) is -0.651. The highest BCUT2D eigenvalue weighted by molar-refractivity contribution is 7.16. The Bertz CT molecular complexity index is 277. The Balaban J connectivity index is 2.86. The Kier molecular flexibility index (Phi) is 4.42. The van der Waals surface area contributed by atoms with Crippen LogP contribution in [0.2, 0.25) is 4.34 Å². The number of thiophene rings is 1. The van der Waals surface area contributed by atoms with Gasteiger partial charge in [-0.2, -0.15) is 0 Å². The molecule has 0 atom stereocenters. The first kappa shape index (κ1) is 12.0. The SMILES string of the molecule is CCCC(O)(CCC)c1ccc(Cl)s1. The van der Waals surface area contributed by atoms with Crippen LogP contribution < -0.4 is 0 Å². The lowest BCUT2D eigenvalue weighted by Crippen LogP contribution is -2.23. The molecule has 0 aliphatic carbocycles. The summed E-state index contributed by atoms with van der Waals surface area (Å²) in [6, 6.07) is 3.80. The van der Waals surface area contributed by atoms with Gasteiger partial charge in [0.2, 0.25) is 0 Å². The van der Waals surface area contributed by atoms with Crippen molar-refractivity contribution in [3.63, 3.8) is 0 Å². The van der Waals surface area contributed by atoms with Crippen molar-refractivity contribution < 1.29 is 5.11 Å². The number of hydrogen-bond acceptors (Lipinski definition) is 2. The van der Waals surface area contributed by atoms with Crippen LogP contribution in [0, 0.1) is 0 Å². The topological polar surface area (TPSA) is 20.2 Å². The van der Waals surface area contributed by atoms with Gasteiger partial charge >= 0.3 is 0 Å². The van der Waals surface area contributed by atoms with Crippen LogP contribution >= 0.6 is 22.9 Å². The minimum atomic E-state index is -0.651. The van der Waals surface area contributed by atoms with E-state index in [0.29, 0.717) is 0 Å². The zero-order chi connectivity index (χ0) is 10.6. The van der Waals surface area contributed by atoms with Gasteiger partial charge in [-0.05, 0) is 25.0 Å². The van der Waals surface area contributed by atoms with Gasteiger partial charge in [0.25, 0.3) is 0 Å². The summed E-state index contributed by atoms with van der Waals surface area (Å²) < 4.78 is 0.755. The van der Waals surface area contributed by atoms with Crippen LogP contribution in [0.15, 0.2) is 12.1 Å². The lowest BCUT2D eigenvalue weighted by Gasteiger charge is -2.26. The van der Waals surface area contributed by atoms with Crippen molar-refractivity contribution in [1.29, 1.82) is 0 Å². The van der Waals surface area contributed by atoms with Gasteiger partial charge in [-0.1, -0.05) is 38.3 Å². The molecule has 0 spiro atoms. The van der Waals surface area contributed by atoms with E-state index in [1.165, 1.54) is 11.3 Å². The molecule has 0 bridgehead atoms. The zero-order valence-electron chi connectivity index (χ0n) is 8.72. The highest BCUT2D eigenvalue weighted by atomic mass is 35.5. The molecule has 1 nitrogen and oxygen atoms in total. The van der Waals surface area contributed by atoms with Crippen LogP contribution in [0.1, 0.15) is 44.4 Å². The molecule has 0 amide bonds. The standard InChI is InChI=1S/C11H17ClOS/c1-3-7-11(13,8-4-2)9-5-6-10(12)14-9/h5-6,13H,3-4,7-8H2,1-2H3. The fourth-order valence-electron chi connectivity index (χ4n) is 1.76. The Hall–Kier alpha value is -0.0500. The average molecular weight is 233 g/mol. The van der Waals surface area contributed by atoms with Gasteiger partial charge in [0, 0.05) is 4.88 Å². The van der Waals surface area contributed by atoms with E-state index in [1.807, 2.05) is 12.1 Å². The lowest BCUT2D eigenvalue weighted by atomic mass is 9.91. The largest absolute Gasteiger partial charge is 0.384 e. The Labute approximate surface area is 94.7 Å². The maximum Gasteiger partial charge on any atom is 0.0988 e. The average Bonchev–Trinajstić information content (AvgIpc) is 2.53. The van der Waals surface area contributed by atoms with E-state index < -0.39 is 5.60 Å². The first-order valence-electron chi connectivity index (χ1n) is 5.10. The monoisotopic (exact) mass is 232 g/mol. The molecule has 0 aromatic carbocycles. The van der Waals surface area contributed by atoms with Crippen LogP contribution in [0.25, 0.3) is 0 Å². The van der Waals surface area contributed by atoms with E-state index in [0.717, 1.165) is 34.9 Å². The first-order chi connectivity index (χ1) is 6.62. The molecule has 14 heavy (non-hydrogen) atoms. The van der Waals surface area contributed by atoms with Gasteiger partial charge in [0.1, 0.15) is 0 Å². The molecular weight excluding hydrogens is 216 g/mol. The van der Waals surface area contributed by atoms with Crippen LogP contribution in [-0.4, -0.2) is 5.11 Å². The second-order valence-electron chi connectivity index (χ2n) is 3.64. The molecular formula is C11H17ClOS. The predicted molar refractivity (Wildman–Crippen MR) is 63.0 cm³/mol. The van der Waals surface area contributed by atoms with Crippen molar-refractivity contribution in [2.24, 2.45) is 0 Å². The third kappa shape index (κ3) is 2.72. The van der Waals surface area contributed by atoms with E-state index in [9.17, 15) is 5.11 Å². The van der Waals surface area contributed by atoms with Gasteiger partial charge in [0.05, 0.1) is 9.94 Å². The van der Waals surface area contributed by atoms with Crippen molar-refractivity contribution in [2.75, 3.05) is 0 Å². The van der Waals surface area contributed by atoms with Gasteiger partial charge in [-0.25, -0.2) is 0 Å². The molecule has 1 aromatic rings. The van der Waals surface area contributed by atoms with E-state index in [2.05, 4.69) is 13.8 Å². The van der Waals surface area contributed by atoms with Crippen LogP contribution in [0.3, 0.4) is 0 Å². The summed E-state index contributed by atoms with van der Waals surface area (Å²) in [6.07, 6.45) is 3.62. The molecule has 3 heteroatoms. The molecule has 1 heterocycles. The molecule has 1 rings (SSSR count). The maximum absolute atomic E-state index is 10.4. The number of rotatable bonds is 5. The number of halogens is 1. The quantitative estimate of drug-likeness (QED) is 0.807. The van der Waals surface area contributed by atoms with Crippen molar-refractivity contribution in [2.45, 2.75) is 45.1 Å². The normalized spacial score (nSPS) is 12.0. The van der Waals surface area contributed by atoms with Gasteiger partial charge in [0.15, 0.2) is 0 Å². The minimum Gasteiger partial charge on any atom is -0.384 e. The van der Waals surface area contributed by atoms with Gasteiger partial charge in [-0.15, -0.1) is 11.3 Å².